The normalized spacial score (nSPS) is 16.3. The van der Waals surface area contributed by atoms with Crippen molar-refractivity contribution in [3.8, 4) is 11.1 Å². The van der Waals surface area contributed by atoms with Crippen LogP contribution in [0.1, 0.15) is 18.2 Å². The number of aryl methyl sites for hydroxylation is 1. The maximum absolute atomic E-state index is 5.66. The Labute approximate surface area is 188 Å². The molecule has 1 aliphatic rings. The van der Waals surface area contributed by atoms with Crippen molar-refractivity contribution in [3.05, 3.63) is 78.4 Å². The molecule has 0 unspecified atom stereocenters. The Hall–Kier alpha value is -3.51. The molecular formula is C26H27N5O. The van der Waals surface area contributed by atoms with E-state index in [0.717, 1.165) is 47.8 Å². The highest BCUT2D eigenvalue weighted by Gasteiger charge is 2.18. The van der Waals surface area contributed by atoms with E-state index in [1.54, 1.807) is 0 Å². The second-order valence-corrected chi connectivity index (χ2v) is 8.29. The van der Waals surface area contributed by atoms with Crippen molar-refractivity contribution in [2.45, 2.75) is 26.5 Å². The first-order chi connectivity index (χ1) is 15.7. The average Bonchev–Trinajstić information content (AvgIpc) is 2.82. The number of anilines is 2. The first-order valence-electron chi connectivity index (χ1n) is 11.0. The molecule has 1 saturated heterocycles. The molecule has 6 heteroatoms. The average molecular weight is 426 g/mol. The Morgan fingerprint density at radius 2 is 1.84 bits per heavy atom. The van der Waals surface area contributed by atoms with Gasteiger partial charge in [-0.2, -0.15) is 0 Å². The van der Waals surface area contributed by atoms with E-state index in [2.05, 4.69) is 63.5 Å². The molecule has 162 valence electrons. The summed E-state index contributed by atoms with van der Waals surface area (Å²) in [6.45, 7) is 7.29. The van der Waals surface area contributed by atoms with Crippen molar-refractivity contribution in [1.82, 2.24) is 15.0 Å². The summed E-state index contributed by atoms with van der Waals surface area (Å²) >= 11 is 0. The van der Waals surface area contributed by atoms with Gasteiger partial charge in [0, 0.05) is 49.3 Å². The van der Waals surface area contributed by atoms with Crippen LogP contribution in [0.3, 0.4) is 0 Å². The van der Waals surface area contributed by atoms with E-state index in [9.17, 15) is 0 Å². The lowest BCUT2D eigenvalue weighted by Crippen LogP contribution is -2.41. The largest absolute Gasteiger partial charge is 0.375 e. The van der Waals surface area contributed by atoms with Gasteiger partial charge < -0.3 is 15.0 Å². The summed E-state index contributed by atoms with van der Waals surface area (Å²) in [5.74, 6) is 1.84. The van der Waals surface area contributed by atoms with Gasteiger partial charge in [0.2, 0.25) is 0 Å². The van der Waals surface area contributed by atoms with Crippen LogP contribution in [0.4, 0.5) is 11.6 Å². The minimum Gasteiger partial charge on any atom is -0.375 e. The van der Waals surface area contributed by atoms with E-state index in [0.29, 0.717) is 6.54 Å². The Morgan fingerprint density at radius 1 is 1.00 bits per heavy atom. The Bertz CT molecular complexity index is 1220. The van der Waals surface area contributed by atoms with Crippen LogP contribution in [-0.2, 0) is 11.3 Å². The smallest absolute Gasteiger partial charge is 0.135 e. The van der Waals surface area contributed by atoms with Crippen LogP contribution in [-0.4, -0.2) is 40.8 Å². The van der Waals surface area contributed by atoms with E-state index in [4.69, 9.17) is 9.72 Å². The summed E-state index contributed by atoms with van der Waals surface area (Å²) in [4.78, 5) is 15.8. The molecule has 0 saturated carbocycles. The molecule has 0 aliphatic carbocycles. The topological polar surface area (TPSA) is 63.2 Å². The molecule has 1 N–H and O–H groups in total. The SMILES string of the molecule is Cc1cc(-c2ccc(CNc3nccc4cc(N5CCO[C@@H](C)C5)ncc34)cc2)ccn1. The molecule has 0 spiro atoms. The highest BCUT2D eigenvalue weighted by atomic mass is 16.5. The summed E-state index contributed by atoms with van der Waals surface area (Å²) in [7, 11) is 0. The number of rotatable bonds is 5. The number of pyridine rings is 3. The van der Waals surface area contributed by atoms with Gasteiger partial charge in [-0.3, -0.25) is 4.98 Å². The van der Waals surface area contributed by atoms with Crippen molar-refractivity contribution in [2.75, 3.05) is 29.9 Å². The van der Waals surface area contributed by atoms with Gasteiger partial charge in [-0.1, -0.05) is 24.3 Å². The van der Waals surface area contributed by atoms with Crippen LogP contribution >= 0.6 is 0 Å². The number of nitrogens with one attached hydrogen (secondary N) is 1. The first kappa shape index (κ1) is 20.4. The highest BCUT2D eigenvalue weighted by molar-refractivity contribution is 5.92. The van der Waals surface area contributed by atoms with Crippen molar-refractivity contribution < 1.29 is 4.74 Å². The second kappa shape index (κ2) is 8.93. The molecule has 0 bridgehead atoms. The lowest BCUT2D eigenvalue weighted by molar-refractivity contribution is 0.0529. The quantitative estimate of drug-likeness (QED) is 0.494. The van der Waals surface area contributed by atoms with Crippen molar-refractivity contribution in [1.29, 1.82) is 0 Å². The maximum Gasteiger partial charge on any atom is 0.135 e. The molecule has 1 aliphatic heterocycles. The van der Waals surface area contributed by atoms with Gasteiger partial charge in [-0.05, 0) is 60.2 Å². The lowest BCUT2D eigenvalue weighted by atomic mass is 10.0. The molecule has 0 amide bonds. The summed E-state index contributed by atoms with van der Waals surface area (Å²) in [6, 6.07) is 16.9. The van der Waals surface area contributed by atoms with Gasteiger partial charge in [-0.25, -0.2) is 9.97 Å². The first-order valence-corrected chi connectivity index (χ1v) is 11.0. The van der Waals surface area contributed by atoms with Gasteiger partial charge in [0.1, 0.15) is 11.6 Å². The summed E-state index contributed by atoms with van der Waals surface area (Å²) in [5, 5.41) is 5.65. The van der Waals surface area contributed by atoms with Crippen LogP contribution in [0.15, 0.2) is 67.1 Å². The van der Waals surface area contributed by atoms with E-state index >= 15 is 0 Å². The highest BCUT2D eigenvalue weighted by Crippen LogP contribution is 2.26. The van der Waals surface area contributed by atoms with Gasteiger partial charge >= 0.3 is 0 Å². The standard InChI is InChI=1S/C26H27N5O/c1-18-13-22(7-9-27-18)21-5-3-20(4-6-21)15-30-26-24-16-29-25(14-23(24)8-10-28-26)31-11-12-32-19(2)17-31/h3-10,13-14,16,19H,11-12,15,17H2,1-2H3,(H,28,30)/t19-/m0/s1. The molecule has 1 fully saturated rings. The molecule has 3 aromatic heterocycles. The molecule has 4 heterocycles. The van der Waals surface area contributed by atoms with Crippen LogP contribution in [0.25, 0.3) is 21.9 Å². The number of ether oxygens (including phenoxy) is 1. The number of fused-ring (bicyclic) bond motifs is 1. The number of aromatic nitrogens is 3. The summed E-state index contributed by atoms with van der Waals surface area (Å²) in [6.07, 6.45) is 5.86. The van der Waals surface area contributed by atoms with E-state index in [1.165, 1.54) is 16.7 Å². The zero-order valence-electron chi connectivity index (χ0n) is 18.5. The third-order valence-electron chi connectivity index (χ3n) is 5.84. The number of morpholine rings is 1. The molecule has 1 aromatic carbocycles. The van der Waals surface area contributed by atoms with Crippen molar-refractivity contribution in [3.63, 3.8) is 0 Å². The Morgan fingerprint density at radius 3 is 2.66 bits per heavy atom. The van der Waals surface area contributed by atoms with Gasteiger partial charge in [0.25, 0.3) is 0 Å². The third-order valence-corrected chi connectivity index (χ3v) is 5.84. The minimum atomic E-state index is 0.227. The van der Waals surface area contributed by atoms with Crippen molar-refractivity contribution in [2.24, 2.45) is 0 Å². The maximum atomic E-state index is 5.66. The van der Waals surface area contributed by atoms with Gasteiger partial charge in [-0.15, -0.1) is 0 Å². The zero-order valence-corrected chi connectivity index (χ0v) is 18.5. The molecule has 32 heavy (non-hydrogen) atoms. The Balaban J connectivity index is 1.31. The fraction of sp³-hybridized carbons (Fsp3) is 0.269. The molecular weight excluding hydrogens is 398 g/mol. The molecule has 4 aromatic rings. The number of hydrogen-bond acceptors (Lipinski definition) is 6. The zero-order chi connectivity index (χ0) is 21.9. The molecule has 1 atom stereocenters. The van der Waals surface area contributed by atoms with Crippen LogP contribution in [0.5, 0.6) is 0 Å². The minimum absolute atomic E-state index is 0.227. The van der Waals surface area contributed by atoms with Crippen LogP contribution in [0.2, 0.25) is 0 Å². The van der Waals surface area contributed by atoms with E-state index in [-0.39, 0.29) is 6.10 Å². The number of benzene rings is 1. The summed E-state index contributed by atoms with van der Waals surface area (Å²) in [5.41, 5.74) is 4.60. The third kappa shape index (κ3) is 4.41. The second-order valence-electron chi connectivity index (χ2n) is 8.29. The summed E-state index contributed by atoms with van der Waals surface area (Å²) < 4.78 is 5.66. The molecule has 0 radical (unpaired) electrons. The molecule has 6 nitrogen and oxygen atoms in total. The van der Waals surface area contributed by atoms with E-state index < -0.39 is 0 Å². The van der Waals surface area contributed by atoms with Gasteiger partial charge in [0.15, 0.2) is 0 Å². The number of nitrogens with zero attached hydrogens (tertiary/aromatic N) is 4. The van der Waals surface area contributed by atoms with Crippen LogP contribution in [0, 0.1) is 6.92 Å². The molecule has 5 rings (SSSR count). The van der Waals surface area contributed by atoms with Gasteiger partial charge in [0.05, 0.1) is 12.7 Å². The monoisotopic (exact) mass is 425 g/mol. The predicted octanol–water partition coefficient (Wildman–Crippen LogP) is 4.84. The van der Waals surface area contributed by atoms with Crippen LogP contribution < -0.4 is 10.2 Å². The fourth-order valence-electron chi connectivity index (χ4n) is 4.12. The van der Waals surface area contributed by atoms with E-state index in [1.807, 2.05) is 37.6 Å². The predicted molar refractivity (Wildman–Crippen MR) is 129 cm³/mol. The number of hydrogen-bond donors (Lipinski definition) is 1. The van der Waals surface area contributed by atoms with Crippen molar-refractivity contribution >= 4 is 22.4 Å². The Kier molecular flexibility index (Phi) is 5.69. The lowest BCUT2D eigenvalue weighted by Gasteiger charge is -2.32. The fourth-order valence-corrected chi connectivity index (χ4v) is 4.12.